The van der Waals surface area contributed by atoms with E-state index < -0.39 is 0 Å². The predicted octanol–water partition coefficient (Wildman–Crippen LogP) is 6.88. The highest BCUT2D eigenvalue weighted by Gasteiger charge is 2.58. The molecular formula is C31H38ClNO3. The molecule has 0 spiro atoms. The fourth-order valence-corrected chi connectivity index (χ4v) is 7.72. The van der Waals surface area contributed by atoms with E-state index >= 15 is 0 Å². The third-order valence-corrected chi connectivity index (χ3v) is 9.66. The summed E-state index contributed by atoms with van der Waals surface area (Å²) in [6.45, 7) is 2.79. The van der Waals surface area contributed by atoms with Gasteiger partial charge in [0.25, 0.3) is 0 Å². The van der Waals surface area contributed by atoms with Crippen LogP contribution in [-0.4, -0.2) is 18.8 Å². The highest BCUT2D eigenvalue weighted by atomic mass is 35.5. The van der Waals surface area contributed by atoms with Crippen molar-refractivity contribution < 1.29 is 14.3 Å². The van der Waals surface area contributed by atoms with Crippen LogP contribution in [0.25, 0.3) is 0 Å². The van der Waals surface area contributed by atoms with Crippen LogP contribution in [-0.2, 0) is 22.6 Å². The maximum absolute atomic E-state index is 13.2. The average molecular weight is 508 g/mol. The lowest BCUT2D eigenvalue weighted by atomic mass is 9.54. The number of fused-ring (bicyclic) bond motifs is 5. The molecule has 3 unspecified atom stereocenters. The van der Waals surface area contributed by atoms with Gasteiger partial charge in [-0.15, -0.1) is 0 Å². The largest absolute Gasteiger partial charge is 0.497 e. The van der Waals surface area contributed by atoms with E-state index in [9.17, 15) is 9.59 Å². The van der Waals surface area contributed by atoms with Gasteiger partial charge in [-0.3, -0.25) is 9.59 Å². The number of hydrogen-bond acceptors (Lipinski definition) is 3. The molecule has 0 aromatic heterocycles. The molecule has 5 heteroatoms. The van der Waals surface area contributed by atoms with Crippen LogP contribution < -0.4 is 10.1 Å². The predicted molar refractivity (Wildman–Crippen MR) is 143 cm³/mol. The Morgan fingerprint density at radius 1 is 1.14 bits per heavy atom. The summed E-state index contributed by atoms with van der Waals surface area (Å²) in [6, 6.07) is 14.2. The van der Waals surface area contributed by atoms with Gasteiger partial charge in [0.15, 0.2) is 0 Å². The van der Waals surface area contributed by atoms with Crippen LogP contribution in [0.15, 0.2) is 42.5 Å². The molecule has 0 bridgehead atoms. The maximum atomic E-state index is 13.2. The zero-order chi connectivity index (χ0) is 25.3. The Hall–Kier alpha value is -2.33. The Kier molecular flexibility index (Phi) is 7.44. The number of amides is 1. The second-order valence-electron chi connectivity index (χ2n) is 11.4. The van der Waals surface area contributed by atoms with E-state index in [0.717, 1.165) is 56.3 Å². The molecule has 0 saturated heterocycles. The Morgan fingerprint density at radius 3 is 2.72 bits per heavy atom. The lowest BCUT2D eigenvalue weighted by molar-refractivity contribution is -0.129. The third-order valence-electron chi connectivity index (χ3n) is 9.41. The average Bonchev–Trinajstić information content (AvgIpc) is 3.15. The number of benzene rings is 2. The fraction of sp³-hybridized carbons (Fsp3) is 0.548. The molecule has 0 aliphatic heterocycles. The molecule has 2 saturated carbocycles. The first-order valence-electron chi connectivity index (χ1n) is 13.6. The van der Waals surface area contributed by atoms with Crippen LogP contribution in [0.2, 0.25) is 5.02 Å². The summed E-state index contributed by atoms with van der Waals surface area (Å²) in [5.41, 5.74) is 3.82. The van der Waals surface area contributed by atoms with Gasteiger partial charge in [-0.1, -0.05) is 43.1 Å². The summed E-state index contributed by atoms with van der Waals surface area (Å²) in [5, 5.41) is 3.72. The van der Waals surface area contributed by atoms with Gasteiger partial charge in [0, 0.05) is 29.8 Å². The Bertz CT molecular complexity index is 1110. The Labute approximate surface area is 220 Å². The van der Waals surface area contributed by atoms with E-state index in [1.165, 1.54) is 17.5 Å². The van der Waals surface area contributed by atoms with Crippen molar-refractivity contribution in [3.8, 4) is 5.75 Å². The summed E-state index contributed by atoms with van der Waals surface area (Å²) < 4.78 is 5.47. The molecule has 1 N–H and O–H groups in total. The first-order chi connectivity index (χ1) is 17.4. The smallest absolute Gasteiger partial charge is 0.220 e. The van der Waals surface area contributed by atoms with E-state index in [2.05, 4.69) is 30.4 Å². The van der Waals surface area contributed by atoms with Crippen LogP contribution in [0.3, 0.4) is 0 Å². The molecule has 0 radical (unpaired) electrons. The summed E-state index contributed by atoms with van der Waals surface area (Å²) in [7, 11) is 1.73. The number of hydrogen-bond donors (Lipinski definition) is 1. The molecule has 2 aromatic rings. The quantitative estimate of drug-likeness (QED) is 0.396. The molecule has 3 aliphatic carbocycles. The number of nitrogens with one attached hydrogen (secondary N) is 1. The van der Waals surface area contributed by atoms with Crippen molar-refractivity contribution in [3.05, 3.63) is 64.2 Å². The number of ketones is 1. The van der Waals surface area contributed by atoms with Crippen molar-refractivity contribution in [2.45, 2.75) is 77.2 Å². The minimum atomic E-state index is -0.161. The zero-order valence-electron chi connectivity index (χ0n) is 21.5. The van der Waals surface area contributed by atoms with E-state index in [1.54, 1.807) is 7.11 Å². The lowest BCUT2D eigenvalue weighted by Crippen LogP contribution is -2.44. The van der Waals surface area contributed by atoms with Crippen molar-refractivity contribution >= 4 is 23.3 Å². The minimum Gasteiger partial charge on any atom is -0.497 e. The number of carbonyl (C=O) groups excluding carboxylic acids is 2. The summed E-state index contributed by atoms with van der Waals surface area (Å²) >= 11 is 5.93. The minimum absolute atomic E-state index is 0.0920. The van der Waals surface area contributed by atoms with Crippen molar-refractivity contribution in [2.24, 2.45) is 23.2 Å². The summed E-state index contributed by atoms with van der Waals surface area (Å²) in [6.07, 6.45) is 8.56. The van der Waals surface area contributed by atoms with Gasteiger partial charge in [0.2, 0.25) is 5.91 Å². The van der Waals surface area contributed by atoms with Crippen molar-refractivity contribution in [1.82, 2.24) is 5.32 Å². The Morgan fingerprint density at radius 2 is 1.94 bits per heavy atom. The van der Waals surface area contributed by atoms with Gasteiger partial charge >= 0.3 is 0 Å². The van der Waals surface area contributed by atoms with Gasteiger partial charge in [-0.25, -0.2) is 0 Å². The SMILES string of the molecule is COc1ccc2c(c1)CCC1C2CC[C@]2(C)C(=O)C[C@@H](CCCCC(=O)NCc3ccc(Cl)cc3)C12. The molecule has 5 rings (SSSR count). The Balaban J connectivity index is 1.17. The van der Waals surface area contributed by atoms with Crippen molar-refractivity contribution in [1.29, 1.82) is 0 Å². The molecule has 192 valence electrons. The van der Waals surface area contributed by atoms with Crippen LogP contribution >= 0.6 is 11.6 Å². The van der Waals surface area contributed by atoms with Crippen LogP contribution in [0.4, 0.5) is 0 Å². The maximum Gasteiger partial charge on any atom is 0.220 e. The third kappa shape index (κ3) is 4.94. The van der Waals surface area contributed by atoms with Crippen LogP contribution in [0.1, 0.15) is 80.9 Å². The normalized spacial score (nSPS) is 28.7. The number of carbonyl (C=O) groups is 2. The second-order valence-corrected chi connectivity index (χ2v) is 11.8. The van der Waals surface area contributed by atoms with Gasteiger partial charge in [-0.2, -0.15) is 0 Å². The van der Waals surface area contributed by atoms with Crippen LogP contribution in [0, 0.1) is 23.2 Å². The van der Waals surface area contributed by atoms with Crippen molar-refractivity contribution in [2.75, 3.05) is 7.11 Å². The van der Waals surface area contributed by atoms with E-state index in [4.69, 9.17) is 16.3 Å². The number of Topliss-reactive ketones (excluding diaryl/α,β-unsaturated/α-hetero) is 1. The topological polar surface area (TPSA) is 55.4 Å². The zero-order valence-corrected chi connectivity index (χ0v) is 22.3. The molecule has 2 aromatic carbocycles. The molecule has 1 amide bonds. The highest BCUT2D eigenvalue weighted by molar-refractivity contribution is 6.30. The van der Waals surface area contributed by atoms with Gasteiger partial charge < -0.3 is 10.1 Å². The molecule has 4 nitrogen and oxygen atoms in total. The number of unbranched alkanes of at least 4 members (excludes halogenated alkanes) is 1. The number of methoxy groups -OCH3 is 1. The number of rotatable bonds is 8. The second kappa shape index (κ2) is 10.6. The highest BCUT2D eigenvalue weighted by Crippen LogP contribution is 2.62. The van der Waals surface area contributed by atoms with Gasteiger partial charge in [0.05, 0.1) is 7.11 Å². The number of aryl methyl sites for hydroxylation is 1. The molecule has 3 aliphatic rings. The van der Waals surface area contributed by atoms with E-state index in [0.29, 0.717) is 47.4 Å². The lowest BCUT2D eigenvalue weighted by Gasteiger charge is -2.50. The van der Waals surface area contributed by atoms with E-state index in [1.807, 2.05) is 24.3 Å². The monoisotopic (exact) mass is 507 g/mol. The van der Waals surface area contributed by atoms with E-state index in [-0.39, 0.29) is 11.3 Å². The fourth-order valence-electron chi connectivity index (χ4n) is 7.59. The first kappa shape index (κ1) is 25.3. The molecular weight excluding hydrogens is 470 g/mol. The van der Waals surface area contributed by atoms with Gasteiger partial charge in [-0.05, 0) is 103 Å². The first-order valence-corrected chi connectivity index (χ1v) is 14.0. The number of ether oxygens (including phenoxy) is 1. The number of halogens is 1. The summed E-state index contributed by atoms with van der Waals surface area (Å²) in [4.78, 5) is 25.6. The molecule has 2 fully saturated rings. The summed E-state index contributed by atoms with van der Waals surface area (Å²) in [5.74, 6) is 3.59. The molecule has 5 atom stereocenters. The van der Waals surface area contributed by atoms with Crippen molar-refractivity contribution in [3.63, 3.8) is 0 Å². The van der Waals surface area contributed by atoms with Gasteiger partial charge in [0.1, 0.15) is 11.5 Å². The standard InChI is InChI=1S/C31H38ClNO3/c1-31-16-15-26-25-14-12-24(36-2)17-21(25)9-13-27(26)30(31)22(18-28(31)34)5-3-4-6-29(35)33-19-20-7-10-23(32)11-8-20/h7-8,10-12,14,17,22,26-27,30H,3-6,9,13,15-16,18-19H2,1-2H3,(H,33,35)/t22-,26?,27?,30?,31-/m1/s1. The molecule has 0 heterocycles. The molecule has 36 heavy (non-hydrogen) atoms. The van der Waals surface area contributed by atoms with Crippen LogP contribution in [0.5, 0.6) is 5.75 Å².